The first kappa shape index (κ1) is 14.1. The van der Waals surface area contributed by atoms with Gasteiger partial charge in [-0.1, -0.05) is 28.9 Å². The molecular formula is C15H13ClN2O2S. The molecule has 0 bridgehead atoms. The summed E-state index contributed by atoms with van der Waals surface area (Å²) >= 11 is 7.41. The third-order valence-corrected chi connectivity index (χ3v) is 4.26. The summed E-state index contributed by atoms with van der Waals surface area (Å²) < 4.78 is 6.04. The number of aliphatic hydroxyl groups excluding tert-OH is 1. The van der Waals surface area contributed by atoms with Crippen molar-refractivity contribution in [2.45, 2.75) is 13.2 Å². The van der Waals surface area contributed by atoms with E-state index in [9.17, 15) is 0 Å². The molecule has 0 radical (unpaired) electrons. The van der Waals surface area contributed by atoms with Crippen molar-refractivity contribution in [1.29, 1.82) is 0 Å². The summed E-state index contributed by atoms with van der Waals surface area (Å²) in [4.78, 5) is 0.957. The quantitative estimate of drug-likeness (QED) is 0.741. The monoisotopic (exact) mass is 320 g/mol. The molecule has 0 saturated carbocycles. The number of halogens is 1. The number of aliphatic hydroxyl groups is 1. The molecule has 0 aliphatic carbocycles. The second-order valence-electron chi connectivity index (χ2n) is 4.50. The Morgan fingerprint density at radius 1 is 1.29 bits per heavy atom. The molecule has 3 rings (SSSR count). The Labute approximate surface area is 131 Å². The molecule has 0 spiro atoms. The number of nitrogens with one attached hydrogen (secondary N) is 1. The molecule has 0 unspecified atom stereocenters. The van der Waals surface area contributed by atoms with Gasteiger partial charge in [0.15, 0.2) is 5.76 Å². The van der Waals surface area contributed by atoms with Crippen LogP contribution in [0.2, 0.25) is 4.34 Å². The van der Waals surface area contributed by atoms with Gasteiger partial charge < -0.3 is 14.9 Å². The first-order valence-corrected chi connectivity index (χ1v) is 7.58. The lowest BCUT2D eigenvalue weighted by atomic mass is 10.2. The summed E-state index contributed by atoms with van der Waals surface area (Å²) in [6.45, 7) is 0.616. The summed E-state index contributed by atoms with van der Waals surface area (Å²) in [6, 6.07) is 11.4. The minimum atomic E-state index is 0.0295. The SMILES string of the molecule is OCc1cccc(NCc2cnoc2-c2ccc(Cl)s2)c1. The van der Waals surface area contributed by atoms with Gasteiger partial charge in [0, 0.05) is 17.8 Å². The van der Waals surface area contributed by atoms with Gasteiger partial charge in [-0.2, -0.15) is 0 Å². The fourth-order valence-corrected chi connectivity index (χ4v) is 3.06. The van der Waals surface area contributed by atoms with Crippen LogP contribution in [0.15, 0.2) is 47.1 Å². The Bertz CT molecular complexity index is 739. The van der Waals surface area contributed by atoms with Gasteiger partial charge in [0.1, 0.15) is 0 Å². The lowest BCUT2D eigenvalue weighted by molar-refractivity contribution is 0.282. The van der Waals surface area contributed by atoms with Crippen LogP contribution in [0.25, 0.3) is 10.6 Å². The predicted molar refractivity (Wildman–Crippen MR) is 84.5 cm³/mol. The molecule has 108 valence electrons. The molecule has 6 heteroatoms. The molecule has 2 aromatic heterocycles. The minimum absolute atomic E-state index is 0.0295. The zero-order valence-corrected chi connectivity index (χ0v) is 12.6. The molecule has 2 heterocycles. The number of rotatable bonds is 5. The lowest BCUT2D eigenvalue weighted by Crippen LogP contribution is -1.99. The van der Waals surface area contributed by atoms with Crippen molar-refractivity contribution < 1.29 is 9.63 Å². The molecule has 3 aromatic rings. The van der Waals surface area contributed by atoms with Crippen molar-refractivity contribution >= 4 is 28.6 Å². The van der Waals surface area contributed by atoms with Gasteiger partial charge in [-0.3, -0.25) is 0 Å². The van der Waals surface area contributed by atoms with E-state index >= 15 is 0 Å². The second-order valence-corrected chi connectivity index (χ2v) is 6.21. The smallest absolute Gasteiger partial charge is 0.181 e. The van der Waals surface area contributed by atoms with Crippen LogP contribution in [0, 0.1) is 0 Å². The highest BCUT2D eigenvalue weighted by atomic mass is 35.5. The number of aromatic nitrogens is 1. The maximum Gasteiger partial charge on any atom is 0.181 e. The third kappa shape index (κ3) is 3.26. The zero-order valence-electron chi connectivity index (χ0n) is 11.0. The Hall–Kier alpha value is -1.82. The van der Waals surface area contributed by atoms with Crippen molar-refractivity contribution in [3.05, 3.63) is 58.1 Å². The largest absolute Gasteiger partial charge is 0.392 e. The van der Waals surface area contributed by atoms with Gasteiger partial charge in [-0.05, 0) is 29.8 Å². The van der Waals surface area contributed by atoms with Crippen molar-refractivity contribution in [3.63, 3.8) is 0 Å². The third-order valence-electron chi connectivity index (χ3n) is 3.03. The van der Waals surface area contributed by atoms with E-state index in [1.807, 2.05) is 36.4 Å². The summed E-state index contributed by atoms with van der Waals surface area (Å²) in [5.41, 5.74) is 2.77. The Kier molecular flexibility index (Phi) is 4.24. The number of thiophene rings is 1. The Morgan fingerprint density at radius 2 is 2.19 bits per heavy atom. The van der Waals surface area contributed by atoms with Crippen molar-refractivity contribution in [2.75, 3.05) is 5.32 Å². The number of hydrogen-bond acceptors (Lipinski definition) is 5. The number of nitrogens with zero attached hydrogens (tertiary/aromatic N) is 1. The van der Waals surface area contributed by atoms with Gasteiger partial charge in [-0.15, -0.1) is 11.3 Å². The normalized spacial score (nSPS) is 10.8. The maximum absolute atomic E-state index is 9.15. The van der Waals surface area contributed by atoms with Gasteiger partial charge in [0.25, 0.3) is 0 Å². The highest BCUT2D eigenvalue weighted by Gasteiger charge is 2.12. The van der Waals surface area contributed by atoms with Crippen LogP contribution in [-0.4, -0.2) is 10.3 Å². The lowest BCUT2D eigenvalue weighted by Gasteiger charge is -2.06. The van der Waals surface area contributed by atoms with Crippen molar-refractivity contribution in [2.24, 2.45) is 0 Å². The molecule has 2 N–H and O–H groups in total. The van der Waals surface area contributed by atoms with Gasteiger partial charge in [-0.25, -0.2) is 0 Å². The van der Waals surface area contributed by atoms with Gasteiger partial charge in [0.2, 0.25) is 0 Å². The highest BCUT2D eigenvalue weighted by molar-refractivity contribution is 7.19. The minimum Gasteiger partial charge on any atom is -0.392 e. The number of hydrogen-bond donors (Lipinski definition) is 2. The van der Waals surface area contributed by atoms with Crippen LogP contribution >= 0.6 is 22.9 Å². The van der Waals surface area contributed by atoms with E-state index < -0.39 is 0 Å². The summed E-state index contributed by atoms with van der Waals surface area (Å²) in [6.07, 6.45) is 1.70. The fraction of sp³-hybridized carbons (Fsp3) is 0.133. The first-order chi connectivity index (χ1) is 10.3. The van der Waals surface area contributed by atoms with Crippen LogP contribution in [-0.2, 0) is 13.2 Å². The van der Waals surface area contributed by atoms with Crippen LogP contribution in [0.1, 0.15) is 11.1 Å². The van der Waals surface area contributed by atoms with Crippen molar-refractivity contribution in [3.8, 4) is 10.6 Å². The Balaban J connectivity index is 1.75. The van der Waals surface area contributed by atoms with Crippen molar-refractivity contribution in [1.82, 2.24) is 5.16 Å². The molecule has 0 amide bonds. The molecule has 21 heavy (non-hydrogen) atoms. The average Bonchev–Trinajstić information content (AvgIpc) is 3.13. The van der Waals surface area contributed by atoms with Gasteiger partial charge in [0.05, 0.1) is 22.0 Å². The number of anilines is 1. The molecule has 0 fully saturated rings. The maximum atomic E-state index is 9.15. The van der Waals surface area contributed by atoms with E-state index in [2.05, 4.69) is 10.5 Å². The van der Waals surface area contributed by atoms with Crippen LogP contribution in [0.3, 0.4) is 0 Å². The van der Waals surface area contributed by atoms with E-state index in [0.29, 0.717) is 6.54 Å². The van der Waals surface area contributed by atoms with Gasteiger partial charge >= 0.3 is 0 Å². The van der Waals surface area contributed by atoms with E-state index in [1.165, 1.54) is 11.3 Å². The average molecular weight is 321 g/mol. The summed E-state index contributed by atoms with van der Waals surface area (Å²) in [5, 5.41) is 16.3. The predicted octanol–water partition coefficient (Wildman–Crippen LogP) is 4.16. The van der Waals surface area contributed by atoms with E-state index in [-0.39, 0.29) is 6.61 Å². The molecule has 0 aliphatic rings. The zero-order chi connectivity index (χ0) is 14.7. The van der Waals surface area contributed by atoms with Crippen LogP contribution in [0.5, 0.6) is 0 Å². The summed E-state index contributed by atoms with van der Waals surface area (Å²) in [7, 11) is 0. The van der Waals surface area contributed by atoms with Crippen LogP contribution in [0.4, 0.5) is 5.69 Å². The molecular weight excluding hydrogens is 308 g/mol. The standard InChI is InChI=1S/C15H13ClN2O2S/c16-14-5-4-13(21-14)15-11(8-18-20-15)7-17-12-3-1-2-10(6-12)9-19/h1-6,8,17,19H,7,9H2. The molecule has 1 aromatic carbocycles. The Morgan fingerprint density at radius 3 is 2.95 bits per heavy atom. The van der Waals surface area contributed by atoms with Crippen LogP contribution < -0.4 is 5.32 Å². The first-order valence-electron chi connectivity index (χ1n) is 6.39. The topological polar surface area (TPSA) is 58.3 Å². The molecule has 0 atom stereocenters. The molecule has 0 aliphatic heterocycles. The van der Waals surface area contributed by atoms with E-state index in [0.717, 1.165) is 31.8 Å². The van der Waals surface area contributed by atoms with E-state index in [4.69, 9.17) is 21.2 Å². The second kappa shape index (κ2) is 6.30. The molecule has 0 saturated heterocycles. The summed E-state index contributed by atoms with van der Waals surface area (Å²) in [5.74, 6) is 0.734. The molecule has 4 nitrogen and oxygen atoms in total. The van der Waals surface area contributed by atoms with E-state index in [1.54, 1.807) is 6.20 Å². The fourth-order valence-electron chi connectivity index (χ4n) is 2.00. The highest BCUT2D eigenvalue weighted by Crippen LogP contribution is 2.33. The number of benzene rings is 1.